The van der Waals surface area contributed by atoms with Gasteiger partial charge in [-0.15, -0.1) is 0 Å². The maximum Gasteiger partial charge on any atom is 0.200 e. The lowest BCUT2D eigenvalue weighted by Gasteiger charge is -2.30. The molecule has 0 N–H and O–H groups in total. The van der Waals surface area contributed by atoms with Crippen LogP contribution in [0, 0.1) is 13.8 Å². The molecule has 3 saturated heterocycles. The minimum absolute atomic E-state index is 0.794. The molecular formula is C33H40N3O3+. The van der Waals surface area contributed by atoms with Crippen LogP contribution in [0.25, 0.3) is 5.57 Å². The van der Waals surface area contributed by atoms with Gasteiger partial charge in [-0.05, 0) is 83.7 Å². The Bertz CT molecular complexity index is 1230. The van der Waals surface area contributed by atoms with E-state index in [2.05, 4.69) is 88.9 Å². The Hall–Kier alpha value is -3.19. The second-order valence-corrected chi connectivity index (χ2v) is 10.7. The van der Waals surface area contributed by atoms with E-state index >= 15 is 0 Å². The molecule has 0 amide bonds. The lowest BCUT2D eigenvalue weighted by Crippen LogP contribution is -2.36. The molecule has 0 atom stereocenters. The fourth-order valence-corrected chi connectivity index (χ4v) is 6.01. The zero-order valence-corrected chi connectivity index (χ0v) is 23.3. The zero-order chi connectivity index (χ0) is 26.6. The van der Waals surface area contributed by atoms with E-state index in [-0.39, 0.29) is 0 Å². The largest absolute Gasteiger partial charge is 0.378 e. The molecule has 6 rings (SSSR count). The van der Waals surface area contributed by atoms with E-state index in [4.69, 9.17) is 14.2 Å². The van der Waals surface area contributed by atoms with Crippen LogP contribution in [0.15, 0.2) is 66.3 Å². The fourth-order valence-electron chi connectivity index (χ4n) is 6.01. The van der Waals surface area contributed by atoms with Crippen molar-refractivity contribution in [2.75, 3.05) is 88.7 Å². The van der Waals surface area contributed by atoms with Crippen molar-refractivity contribution < 1.29 is 18.8 Å². The van der Waals surface area contributed by atoms with E-state index in [0.29, 0.717) is 0 Å². The highest BCUT2D eigenvalue weighted by atomic mass is 16.5. The van der Waals surface area contributed by atoms with Crippen LogP contribution < -0.4 is 9.80 Å². The van der Waals surface area contributed by atoms with Gasteiger partial charge in [-0.25, -0.2) is 4.58 Å². The topological polar surface area (TPSA) is 37.2 Å². The van der Waals surface area contributed by atoms with Crippen molar-refractivity contribution in [2.24, 2.45) is 0 Å². The Balaban J connectivity index is 1.40. The van der Waals surface area contributed by atoms with Crippen LogP contribution in [0.4, 0.5) is 11.4 Å². The first-order valence-corrected chi connectivity index (χ1v) is 14.3. The molecule has 3 aliphatic heterocycles. The van der Waals surface area contributed by atoms with Crippen molar-refractivity contribution in [1.29, 1.82) is 0 Å². The predicted molar refractivity (Wildman–Crippen MR) is 159 cm³/mol. The maximum absolute atomic E-state index is 5.58. The van der Waals surface area contributed by atoms with Gasteiger partial charge in [0.2, 0.25) is 0 Å². The Morgan fingerprint density at radius 1 is 0.615 bits per heavy atom. The first-order valence-electron chi connectivity index (χ1n) is 14.3. The van der Waals surface area contributed by atoms with Gasteiger partial charge in [0, 0.05) is 49.7 Å². The third kappa shape index (κ3) is 5.74. The average Bonchev–Trinajstić information content (AvgIpc) is 3.00. The molecule has 3 fully saturated rings. The van der Waals surface area contributed by atoms with Crippen LogP contribution in [0.3, 0.4) is 0 Å². The van der Waals surface area contributed by atoms with Gasteiger partial charge in [0.15, 0.2) is 18.8 Å². The van der Waals surface area contributed by atoms with Gasteiger partial charge in [-0.3, -0.25) is 0 Å². The summed E-state index contributed by atoms with van der Waals surface area (Å²) in [5.74, 6) is 0. The SMILES string of the molecule is Cc1cc(N2CCOCC2)ccc1C(=C1C=CC(=[N+]2CCOCC2)C=C1)c1ccc(N2CCOCC2)cc1C. The average molecular weight is 527 g/mol. The molecule has 4 aliphatic rings. The number of rotatable bonds is 4. The Kier molecular flexibility index (Phi) is 7.95. The first-order chi connectivity index (χ1) is 19.2. The van der Waals surface area contributed by atoms with Crippen LogP contribution in [-0.4, -0.2) is 89.2 Å². The first kappa shape index (κ1) is 26.1. The van der Waals surface area contributed by atoms with Crippen LogP contribution in [0.1, 0.15) is 22.3 Å². The van der Waals surface area contributed by atoms with Crippen LogP contribution in [0.5, 0.6) is 0 Å². The standard InChI is InChI=1S/C33H40N3O3/c1-25-23-29(35-13-19-38-20-14-35)7-9-31(25)33(27-3-5-28(6-4-27)34-11-17-37-18-12-34)32-10-8-30(24-26(32)2)36-15-21-39-22-16-36/h3-10,23-24H,11-22H2,1-2H3/q+1. The Morgan fingerprint density at radius 3 is 1.54 bits per heavy atom. The number of hydrogen-bond donors (Lipinski definition) is 0. The van der Waals surface area contributed by atoms with Crippen molar-refractivity contribution in [3.05, 3.63) is 88.5 Å². The molecule has 3 heterocycles. The monoisotopic (exact) mass is 526 g/mol. The van der Waals surface area contributed by atoms with Crippen molar-refractivity contribution in [3.8, 4) is 0 Å². The summed E-state index contributed by atoms with van der Waals surface area (Å²) in [6, 6.07) is 13.9. The predicted octanol–water partition coefficient (Wildman–Crippen LogP) is 4.39. The summed E-state index contributed by atoms with van der Waals surface area (Å²) in [4.78, 5) is 4.86. The molecule has 0 bridgehead atoms. The summed E-state index contributed by atoms with van der Waals surface area (Å²) in [6.07, 6.45) is 9.14. The van der Waals surface area contributed by atoms with E-state index in [9.17, 15) is 0 Å². The molecule has 39 heavy (non-hydrogen) atoms. The number of hydrogen-bond acceptors (Lipinski definition) is 5. The van der Waals surface area contributed by atoms with Crippen molar-refractivity contribution in [3.63, 3.8) is 0 Å². The van der Waals surface area contributed by atoms with Gasteiger partial charge < -0.3 is 24.0 Å². The van der Waals surface area contributed by atoms with E-state index in [1.165, 1.54) is 50.5 Å². The quantitative estimate of drug-likeness (QED) is 0.553. The van der Waals surface area contributed by atoms with Gasteiger partial charge >= 0.3 is 0 Å². The highest BCUT2D eigenvalue weighted by Crippen LogP contribution is 2.36. The van der Waals surface area contributed by atoms with Crippen LogP contribution in [0.2, 0.25) is 0 Å². The van der Waals surface area contributed by atoms with E-state index in [1.807, 2.05) is 0 Å². The second kappa shape index (κ2) is 11.9. The molecule has 0 radical (unpaired) electrons. The number of morpholine rings is 3. The summed E-state index contributed by atoms with van der Waals surface area (Å²) >= 11 is 0. The summed E-state index contributed by atoms with van der Waals surface area (Å²) in [5, 5.41) is 0. The third-order valence-corrected chi connectivity index (χ3v) is 8.24. The summed E-state index contributed by atoms with van der Waals surface area (Å²) in [5.41, 5.74) is 11.5. The van der Waals surface area contributed by atoms with Crippen molar-refractivity contribution >= 4 is 22.7 Å². The zero-order valence-electron chi connectivity index (χ0n) is 23.3. The number of anilines is 2. The molecule has 0 saturated carbocycles. The third-order valence-electron chi connectivity index (χ3n) is 8.24. The lowest BCUT2D eigenvalue weighted by atomic mass is 9.86. The lowest BCUT2D eigenvalue weighted by molar-refractivity contribution is -0.547. The molecule has 2 aromatic carbocycles. The molecule has 0 spiro atoms. The minimum Gasteiger partial charge on any atom is -0.378 e. The molecule has 0 unspecified atom stereocenters. The van der Waals surface area contributed by atoms with E-state index in [0.717, 1.165) is 78.9 Å². The van der Waals surface area contributed by atoms with Crippen LogP contribution >= 0.6 is 0 Å². The number of ether oxygens (including phenoxy) is 3. The number of aryl methyl sites for hydroxylation is 2. The summed E-state index contributed by atoms with van der Waals surface area (Å²) < 4.78 is 19.1. The van der Waals surface area contributed by atoms with Gasteiger partial charge in [-0.2, -0.15) is 0 Å². The minimum atomic E-state index is 0.794. The molecule has 6 heteroatoms. The smallest absolute Gasteiger partial charge is 0.200 e. The Morgan fingerprint density at radius 2 is 1.08 bits per heavy atom. The summed E-state index contributed by atoms with van der Waals surface area (Å²) in [6.45, 7) is 14.9. The number of benzene rings is 2. The highest BCUT2D eigenvalue weighted by molar-refractivity contribution is 6.04. The van der Waals surface area contributed by atoms with Gasteiger partial charge in [0.05, 0.1) is 26.4 Å². The number of allylic oxidation sites excluding steroid dienone is 5. The van der Waals surface area contributed by atoms with Crippen molar-refractivity contribution in [1.82, 2.24) is 0 Å². The van der Waals surface area contributed by atoms with Crippen LogP contribution in [-0.2, 0) is 14.2 Å². The molecule has 1 aliphatic carbocycles. The maximum atomic E-state index is 5.58. The van der Waals surface area contributed by atoms with Crippen molar-refractivity contribution in [2.45, 2.75) is 13.8 Å². The molecule has 6 nitrogen and oxygen atoms in total. The molecule has 0 aromatic heterocycles. The number of nitrogens with zero attached hydrogens (tertiary/aromatic N) is 3. The summed E-state index contributed by atoms with van der Waals surface area (Å²) in [7, 11) is 0. The van der Waals surface area contributed by atoms with E-state index in [1.54, 1.807) is 0 Å². The Labute approximate surface area is 232 Å². The van der Waals surface area contributed by atoms with Gasteiger partial charge in [0.25, 0.3) is 0 Å². The molecular weight excluding hydrogens is 486 g/mol. The highest BCUT2D eigenvalue weighted by Gasteiger charge is 2.21. The second-order valence-electron chi connectivity index (χ2n) is 10.7. The molecule has 204 valence electrons. The van der Waals surface area contributed by atoms with Gasteiger partial charge in [-0.1, -0.05) is 12.1 Å². The molecule has 2 aromatic rings. The fraction of sp³-hybridized carbons (Fsp3) is 0.424. The normalized spacial score (nSPS) is 20.1. The van der Waals surface area contributed by atoms with Gasteiger partial charge in [0.1, 0.15) is 13.2 Å². The van der Waals surface area contributed by atoms with E-state index < -0.39 is 0 Å².